The maximum atomic E-state index is 13.3. The maximum Gasteiger partial charge on any atom is 0.251 e. The van der Waals surface area contributed by atoms with E-state index in [9.17, 15) is 39.0 Å². The van der Waals surface area contributed by atoms with Crippen molar-refractivity contribution < 1.29 is 39.0 Å². The highest BCUT2D eigenvalue weighted by molar-refractivity contribution is 6.29. The molecule has 0 saturated carbocycles. The Hall–Kier alpha value is -4.50. The lowest BCUT2D eigenvalue weighted by Crippen LogP contribution is -2.48. The van der Waals surface area contributed by atoms with Gasteiger partial charge in [0.1, 0.15) is 12.1 Å². The average Bonchev–Trinajstić information content (AvgIpc) is 2.98. The molecular formula is C28H34N6O8. The van der Waals surface area contributed by atoms with Gasteiger partial charge in [-0.25, -0.2) is 0 Å². The highest BCUT2D eigenvalue weighted by atomic mass is 16.3. The van der Waals surface area contributed by atoms with Gasteiger partial charge in [-0.3, -0.25) is 28.8 Å². The number of carbonyl (C=O) groups is 6. The molecule has 42 heavy (non-hydrogen) atoms. The van der Waals surface area contributed by atoms with Gasteiger partial charge in [-0.2, -0.15) is 0 Å². The molecule has 1 aliphatic rings. The van der Waals surface area contributed by atoms with E-state index in [1.54, 1.807) is 0 Å². The van der Waals surface area contributed by atoms with E-state index in [0.29, 0.717) is 0 Å². The molecule has 3 rings (SSSR count). The molecule has 224 valence electrons. The Balaban J connectivity index is 1.64. The van der Waals surface area contributed by atoms with Crippen LogP contribution in [0.15, 0.2) is 36.4 Å². The van der Waals surface area contributed by atoms with Crippen molar-refractivity contribution in [1.82, 2.24) is 21.3 Å². The van der Waals surface area contributed by atoms with Gasteiger partial charge in [-0.1, -0.05) is 0 Å². The number of carbonyl (C=O) groups excluding carboxylic acids is 6. The lowest BCUT2D eigenvalue weighted by molar-refractivity contribution is -0.125. The smallest absolute Gasteiger partial charge is 0.251 e. The van der Waals surface area contributed by atoms with Crippen LogP contribution in [0.4, 0.5) is 0 Å². The highest BCUT2D eigenvalue weighted by Crippen LogP contribution is 2.29. The Morgan fingerprint density at radius 2 is 0.952 bits per heavy atom. The summed E-state index contributed by atoms with van der Waals surface area (Å²) in [6, 6.07) is 5.96. The molecule has 4 amide bonds. The molecule has 0 aliphatic heterocycles. The van der Waals surface area contributed by atoms with E-state index in [2.05, 4.69) is 21.3 Å². The number of amides is 4. The number of fused-ring (bicyclic) bond motifs is 2. The zero-order valence-electron chi connectivity index (χ0n) is 23.1. The van der Waals surface area contributed by atoms with Crippen LogP contribution in [0.1, 0.15) is 66.4 Å². The van der Waals surface area contributed by atoms with E-state index in [4.69, 9.17) is 11.5 Å². The van der Waals surface area contributed by atoms with E-state index in [-0.39, 0.29) is 59.6 Å². The molecule has 2 aromatic rings. The first-order valence-corrected chi connectivity index (χ1v) is 13.2. The monoisotopic (exact) mass is 582 g/mol. The SMILES string of the molecule is C[C@@H](O)[C@H](N)C(=O)NCCNC(=O)c1ccc2c(c1)C(=O)c1cc(C(=O)NCCNC(=O)[C@@H](N)[C@@H](C)O)ccc1C2=O. The molecule has 0 radical (unpaired) electrons. The van der Waals surface area contributed by atoms with Crippen molar-refractivity contribution in [3.63, 3.8) is 0 Å². The highest BCUT2D eigenvalue weighted by Gasteiger charge is 2.31. The van der Waals surface area contributed by atoms with Crippen LogP contribution >= 0.6 is 0 Å². The number of aliphatic hydroxyl groups is 2. The fraction of sp³-hybridized carbons (Fsp3) is 0.357. The molecule has 1 aliphatic carbocycles. The number of nitrogens with one attached hydrogen (secondary N) is 4. The van der Waals surface area contributed by atoms with Crippen molar-refractivity contribution in [2.75, 3.05) is 26.2 Å². The number of hydrogen-bond donors (Lipinski definition) is 8. The first kappa shape index (κ1) is 32.0. The largest absolute Gasteiger partial charge is 0.391 e. The molecule has 4 atom stereocenters. The van der Waals surface area contributed by atoms with Crippen LogP contribution in [0.3, 0.4) is 0 Å². The number of rotatable bonds is 12. The zero-order chi connectivity index (χ0) is 31.1. The third-order valence-corrected chi connectivity index (χ3v) is 6.61. The Labute approximate surface area is 241 Å². The van der Waals surface area contributed by atoms with Crippen molar-refractivity contribution in [1.29, 1.82) is 0 Å². The molecular weight excluding hydrogens is 548 g/mol. The molecule has 0 spiro atoms. The van der Waals surface area contributed by atoms with E-state index in [1.165, 1.54) is 50.2 Å². The molecule has 0 aromatic heterocycles. The number of aliphatic hydroxyl groups excluding tert-OH is 2. The molecule has 0 heterocycles. The summed E-state index contributed by atoms with van der Waals surface area (Å²) >= 11 is 0. The number of benzene rings is 2. The first-order chi connectivity index (χ1) is 19.8. The quantitative estimate of drug-likeness (QED) is 0.105. The standard InChI is InChI=1S/C28H34N6O8/c1-13(35)21(29)27(41)33-9-7-31-25(39)15-3-5-17-19(11-15)24(38)20-12-16(4-6-18(20)23(17)37)26(40)32-8-10-34-28(42)22(30)14(2)36/h3-6,11-14,21-22,35-36H,7-10,29-30H2,1-2H3,(H,31,39)(H,32,40)(H,33,41)(H,34,42)/t13-,14-,21+,22+/m1/s1. The molecule has 10 N–H and O–H groups in total. The third kappa shape index (κ3) is 7.41. The van der Waals surface area contributed by atoms with Gasteiger partial charge >= 0.3 is 0 Å². The second-order valence-electron chi connectivity index (χ2n) is 9.81. The summed E-state index contributed by atoms with van der Waals surface area (Å²) in [5, 5.41) is 28.9. The first-order valence-electron chi connectivity index (χ1n) is 13.2. The number of hydrogen-bond acceptors (Lipinski definition) is 10. The topological polar surface area (TPSA) is 243 Å². The van der Waals surface area contributed by atoms with Crippen LogP contribution in [0.2, 0.25) is 0 Å². The Morgan fingerprint density at radius 1 is 0.619 bits per heavy atom. The lowest BCUT2D eigenvalue weighted by atomic mass is 9.82. The minimum absolute atomic E-state index is 0.00563. The van der Waals surface area contributed by atoms with Gasteiger partial charge in [-0.15, -0.1) is 0 Å². The van der Waals surface area contributed by atoms with Crippen molar-refractivity contribution >= 4 is 35.2 Å². The van der Waals surface area contributed by atoms with Gasteiger partial charge in [0.2, 0.25) is 11.8 Å². The minimum atomic E-state index is -1.10. The van der Waals surface area contributed by atoms with Crippen molar-refractivity contribution in [2.24, 2.45) is 11.5 Å². The summed E-state index contributed by atoms with van der Waals surface area (Å²) in [7, 11) is 0. The van der Waals surface area contributed by atoms with Crippen LogP contribution in [0.5, 0.6) is 0 Å². The molecule has 14 nitrogen and oxygen atoms in total. The molecule has 2 aromatic carbocycles. The predicted molar refractivity (Wildman–Crippen MR) is 150 cm³/mol. The summed E-state index contributed by atoms with van der Waals surface area (Å²) in [5.41, 5.74) is 11.5. The predicted octanol–water partition coefficient (Wildman–Crippen LogP) is -2.43. The van der Waals surface area contributed by atoms with Gasteiger partial charge in [0.25, 0.3) is 11.8 Å². The van der Waals surface area contributed by atoms with Crippen LogP contribution < -0.4 is 32.7 Å². The fourth-order valence-electron chi connectivity index (χ4n) is 4.03. The van der Waals surface area contributed by atoms with Crippen LogP contribution in [-0.4, -0.2) is 95.9 Å². The normalized spacial score (nSPS) is 14.9. The van der Waals surface area contributed by atoms with Crippen molar-refractivity contribution in [3.05, 3.63) is 69.8 Å². The summed E-state index contributed by atoms with van der Waals surface area (Å²) < 4.78 is 0. The maximum absolute atomic E-state index is 13.3. The summed E-state index contributed by atoms with van der Waals surface area (Å²) in [6.07, 6.45) is -2.07. The Bertz CT molecular complexity index is 1310. The average molecular weight is 583 g/mol. The minimum Gasteiger partial charge on any atom is -0.391 e. The van der Waals surface area contributed by atoms with Crippen LogP contribution in [-0.2, 0) is 9.59 Å². The van der Waals surface area contributed by atoms with Gasteiger partial charge < -0.3 is 42.9 Å². The van der Waals surface area contributed by atoms with Crippen molar-refractivity contribution in [3.8, 4) is 0 Å². The van der Waals surface area contributed by atoms with Crippen LogP contribution in [0, 0.1) is 0 Å². The zero-order valence-corrected chi connectivity index (χ0v) is 23.1. The Morgan fingerprint density at radius 3 is 1.31 bits per heavy atom. The van der Waals surface area contributed by atoms with E-state index in [0.717, 1.165) is 0 Å². The van der Waals surface area contributed by atoms with Gasteiger partial charge in [0.05, 0.1) is 12.2 Å². The summed E-state index contributed by atoms with van der Waals surface area (Å²) in [4.78, 5) is 75.3. The number of nitrogens with two attached hydrogens (primary N) is 2. The van der Waals surface area contributed by atoms with Crippen molar-refractivity contribution in [2.45, 2.75) is 38.1 Å². The van der Waals surface area contributed by atoms with E-state index < -0.39 is 59.5 Å². The molecule has 14 heteroatoms. The molecule has 0 fully saturated rings. The Kier molecular flexibility index (Phi) is 10.6. The van der Waals surface area contributed by atoms with Crippen LogP contribution in [0.25, 0.3) is 0 Å². The summed E-state index contributed by atoms with van der Waals surface area (Å²) in [5.74, 6) is -3.23. The van der Waals surface area contributed by atoms with Gasteiger partial charge in [0.15, 0.2) is 11.6 Å². The van der Waals surface area contributed by atoms with E-state index in [1.807, 2.05) is 0 Å². The van der Waals surface area contributed by atoms with Gasteiger partial charge in [0, 0.05) is 59.6 Å². The third-order valence-electron chi connectivity index (χ3n) is 6.61. The molecule has 0 saturated heterocycles. The van der Waals surface area contributed by atoms with E-state index >= 15 is 0 Å². The second-order valence-corrected chi connectivity index (χ2v) is 9.81. The summed E-state index contributed by atoms with van der Waals surface area (Å²) in [6.45, 7) is 2.94. The molecule has 0 unspecified atom stereocenters. The van der Waals surface area contributed by atoms with Gasteiger partial charge in [-0.05, 0) is 50.2 Å². The second kappa shape index (κ2) is 13.9. The number of ketones is 2. The lowest BCUT2D eigenvalue weighted by Gasteiger charge is -2.19. The fourth-order valence-corrected chi connectivity index (χ4v) is 4.03. The molecule has 0 bridgehead atoms.